The molecule has 3 aliphatic heterocycles. The van der Waals surface area contributed by atoms with Crippen molar-refractivity contribution in [1.82, 2.24) is 14.9 Å². The number of anilines is 1. The molecule has 4 atom stereocenters. The van der Waals surface area contributed by atoms with Gasteiger partial charge in [-0.15, -0.1) is 0 Å². The van der Waals surface area contributed by atoms with Crippen molar-refractivity contribution in [2.24, 2.45) is 11.8 Å². The minimum absolute atomic E-state index is 0.00604. The fraction of sp³-hybridized carbons (Fsp3) is 0.524. The SMILES string of the molecule is CCc1c(F)ccc2cc(O)cc(-c3c(F)cc4c(N5C[C@@H]6C[C@H](C5)[C@H](O[Si](C)(C)C(C)(C)C)C6)nc(OCC56CCCN5CC(=C(F)F)C6)nc4c3F)c12. The first-order chi connectivity index (χ1) is 26.0. The van der Waals surface area contributed by atoms with Crippen LogP contribution < -0.4 is 9.64 Å². The number of hydrogen-bond acceptors (Lipinski definition) is 7. The molecule has 0 radical (unpaired) electrons. The van der Waals surface area contributed by atoms with E-state index in [0.29, 0.717) is 42.6 Å². The molecule has 7 nitrogen and oxygen atoms in total. The van der Waals surface area contributed by atoms with Gasteiger partial charge in [-0.1, -0.05) is 33.8 Å². The third kappa shape index (κ3) is 6.57. The number of hydrogen-bond donors (Lipinski definition) is 1. The van der Waals surface area contributed by atoms with Gasteiger partial charge in [-0.25, -0.2) is 13.2 Å². The Labute approximate surface area is 319 Å². The van der Waals surface area contributed by atoms with Crippen molar-refractivity contribution >= 4 is 35.8 Å². The molecule has 4 aromatic rings. The van der Waals surface area contributed by atoms with Gasteiger partial charge in [0.1, 0.15) is 35.3 Å². The summed E-state index contributed by atoms with van der Waals surface area (Å²) in [7, 11) is -2.08. The average molecular weight is 781 g/mol. The Bertz CT molecular complexity index is 2220. The van der Waals surface area contributed by atoms with E-state index in [1.165, 1.54) is 30.3 Å². The Kier molecular flexibility index (Phi) is 9.48. The van der Waals surface area contributed by atoms with Gasteiger partial charge in [-0.2, -0.15) is 18.7 Å². The van der Waals surface area contributed by atoms with Crippen LogP contribution >= 0.6 is 0 Å². The number of piperidine rings is 1. The second kappa shape index (κ2) is 13.7. The van der Waals surface area contributed by atoms with Crippen molar-refractivity contribution < 1.29 is 36.2 Å². The summed E-state index contributed by atoms with van der Waals surface area (Å²) in [5.74, 6) is -1.85. The number of halogens is 5. The van der Waals surface area contributed by atoms with E-state index in [2.05, 4.69) is 43.7 Å². The summed E-state index contributed by atoms with van der Waals surface area (Å²) in [6.45, 7) is 14.9. The van der Waals surface area contributed by atoms with Gasteiger partial charge in [0.05, 0.1) is 11.1 Å². The minimum Gasteiger partial charge on any atom is -0.508 e. The first-order valence-corrected chi connectivity index (χ1v) is 22.4. The number of ether oxygens (including phenoxy) is 1. The highest BCUT2D eigenvalue weighted by molar-refractivity contribution is 6.74. The molecule has 4 aliphatic rings. The van der Waals surface area contributed by atoms with Gasteiger partial charge in [-0.3, -0.25) is 4.90 Å². The lowest BCUT2D eigenvalue weighted by Gasteiger charge is -2.40. The van der Waals surface area contributed by atoms with Crippen molar-refractivity contribution in [3.05, 3.63) is 65.0 Å². The van der Waals surface area contributed by atoms with Gasteiger partial charge in [0.15, 0.2) is 14.1 Å². The van der Waals surface area contributed by atoms with Crippen LogP contribution in [0.5, 0.6) is 11.8 Å². The average Bonchev–Trinajstić information content (AvgIpc) is 3.76. The molecule has 8 rings (SSSR count). The Morgan fingerprint density at radius 2 is 1.82 bits per heavy atom. The summed E-state index contributed by atoms with van der Waals surface area (Å²) in [5.41, 5.74) is -0.927. The second-order valence-electron chi connectivity index (χ2n) is 17.7. The lowest BCUT2D eigenvalue weighted by atomic mass is 9.91. The van der Waals surface area contributed by atoms with Gasteiger partial charge in [-0.05, 0) is 115 Å². The topological polar surface area (TPSA) is 71.0 Å². The number of phenolic OH excluding ortho intramolecular Hbond substituents is 1. The first-order valence-electron chi connectivity index (χ1n) is 19.5. The number of fused-ring (bicyclic) bond motifs is 5. The van der Waals surface area contributed by atoms with Crippen LogP contribution in [0.2, 0.25) is 18.1 Å². The third-order valence-corrected chi connectivity index (χ3v) is 17.7. The van der Waals surface area contributed by atoms with E-state index >= 15 is 13.2 Å². The van der Waals surface area contributed by atoms with Crippen LogP contribution in [0, 0.1) is 29.3 Å². The molecule has 1 aliphatic carbocycles. The van der Waals surface area contributed by atoms with Crippen molar-refractivity contribution in [3.63, 3.8) is 0 Å². The summed E-state index contributed by atoms with van der Waals surface area (Å²) in [5, 5.41) is 11.6. The van der Waals surface area contributed by atoms with Crippen LogP contribution in [0.15, 0.2) is 42.0 Å². The van der Waals surface area contributed by atoms with E-state index in [4.69, 9.17) is 14.1 Å². The van der Waals surface area contributed by atoms with Crippen LogP contribution in [0.25, 0.3) is 32.8 Å². The van der Waals surface area contributed by atoms with Gasteiger partial charge in [0, 0.05) is 42.6 Å². The highest BCUT2D eigenvalue weighted by atomic mass is 28.4. The zero-order valence-corrected chi connectivity index (χ0v) is 33.3. The van der Waals surface area contributed by atoms with E-state index in [0.717, 1.165) is 19.3 Å². The van der Waals surface area contributed by atoms with Crippen molar-refractivity contribution in [2.45, 2.75) is 96.0 Å². The molecule has 55 heavy (non-hydrogen) atoms. The number of nitrogens with zero attached hydrogens (tertiary/aromatic N) is 4. The molecule has 294 valence electrons. The summed E-state index contributed by atoms with van der Waals surface area (Å²) in [4.78, 5) is 13.5. The third-order valence-electron chi connectivity index (χ3n) is 13.2. The Morgan fingerprint density at radius 1 is 1.04 bits per heavy atom. The molecular formula is C42H49F5N4O3Si. The van der Waals surface area contributed by atoms with E-state index in [1.54, 1.807) is 6.92 Å². The Morgan fingerprint density at radius 3 is 2.55 bits per heavy atom. The summed E-state index contributed by atoms with van der Waals surface area (Å²) >= 11 is 0. The highest BCUT2D eigenvalue weighted by Gasteiger charge is 2.49. The predicted molar refractivity (Wildman–Crippen MR) is 207 cm³/mol. The second-order valence-corrected chi connectivity index (χ2v) is 22.5. The Balaban J connectivity index is 1.24. The molecule has 3 saturated heterocycles. The Hall–Kier alpha value is -3.81. The monoisotopic (exact) mass is 780 g/mol. The predicted octanol–water partition coefficient (Wildman–Crippen LogP) is 10.1. The van der Waals surface area contributed by atoms with E-state index < -0.39 is 43.0 Å². The van der Waals surface area contributed by atoms with Crippen LogP contribution in [-0.4, -0.2) is 72.7 Å². The van der Waals surface area contributed by atoms with Crippen LogP contribution in [0.4, 0.5) is 27.8 Å². The van der Waals surface area contributed by atoms with E-state index in [1.807, 2.05) is 4.90 Å². The number of aromatic nitrogens is 2. The molecular weight excluding hydrogens is 732 g/mol. The fourth-order valence-electron chi connectivity index (χ4n) is 9.50. The van der Waals surface area contributed by atoms with Gasteiger partial charge in [0.25, 0.3) is 6.08 Å². The maximum Gasteiger partial charge on any atom is 0.319 e. The van der Waals surface area contributed by atoms with Gasteiger partial charge in [0.2, 0.25) is 0 Å². The van der Waals surface area contributed by atoms with Crippen LogP contribution in [0.1, 0.15) is 65.4 Å². The summed E-state index contributed by atoms with van der Waals surface area (Å²) in [6, 6.07) is 6.55. The number of rotatable bonds is 8. The lowest BCUT2D eigenvalue weighted by Crippen LogP contribution is -2.46. The smallest absolute Gasteiger partial charge is 0.319 e. The molecule has 1 saturated carbocycles. The molecule has 4 fully saturated rings. The molecule has 2 bridgehead atoms. The molecule has 4 heterocycles. The zero-order chi connectivity index (χ0) is 39.2. The number of benzene rings is 3. The fourth-order valence-corrected chi connectivity index (χ4v) is 10.9. The molecule has 3 aromatic carbocycles. The quantitative estimate of drug-likeness (QED) is 0.141. The summed E-state index contributed by atoms with van der Waals surface area (Å²) in [6.07, 6.45) is 2.14. The molecule has 0 amide bonds. The normalized spacial score (nSPS) is 24.4. The largest absolute Gasteiger partial charge is 0.508 e. The number of aromatic hydroxyl groups is 1. The lowest BCUT2D eigenvalue weighted by molar-refractivity contribution is 0.108. The van der Waals surface area contributed by atoms with Crippen molar-refractivity contribution in [3.8, 4) is 22.9 Å². The minimum atomic E-state index is -2.08. The molecule has 1 unspecified atom stereocenters. The van der Waals surface area contributed by atoms with E-state index in [9.17, 15) is 13.9 Å². The molecule has 1 N–H and O–H groups in total. The number of aryl methyl sites for hydroxylation is 1. The van der Waals surface area contributed by atoms with Gasteiger partial charge >= 0.3 is 6.01 Å². The van der Waals surface area contributed by atoms with Crippen molar-refractivity contribution in [2.75, 3.05) is 37.7 Å². The zero-order valence-electron chi connectivity index (χ0n) is 32.3. The number of phenols is 1. The van der Waals surface area contributed by atoms with Crippen LogP contribution in [0.3, 0.4) is 0 Å². The standard InChI is InChI=1S/C42H49F5N4O3Si/c1-7-28-31(43)10-9-24-15-27(52)16-29(34(24)28)35-32(44)17-30-37(36(35)45)48-40(53-22-42-11-8-12-51(42)21-26(18-42)38(46)47)49-39(30)50-19-23-13-25(20-50)33(14-23)54-55(5,6)41(2,3)4/h9-10,15-17,23,25,33,52H,7-8,11-14,18-22H2,1-6H3/t23-,25-,33-,42?/m1/s1. The van der Waals surface area contributed by atoms with E-state index in [-0.39, 0.29) is 88.3 Å². The van der Waals surface area contributed by atoms with Gasteiger partial charge < -0.3 is 19.2 Å². The van der Waals surface area contributed by atoms with Crippen LogP contribution in [-0.2, 0) is 10.8 Å². The maximum absolute atomic E-state index is 17.3. The highest BCUT2D eigenvalue weighted by Crippen LogP contribution is 2.48. The molecule has 1 aromatic heterocycles. The molecule has 0 spiro atoms. The van der Waals surface area contributed by atoms with Crippen molar-refractivity contribution in [1.29, 1.82) is 0 Å². The first kappa shape index (κ1) is 38.1. The summed E-state index contributed by atoms with van der Waals surface area (Å²) < 4.78 is 89.8. The maximum atomic E-state index is 17.3. The molecule has 13 heteroatoms.